The fourth-order valence-corrected chi connectivity index (χ4v) is 2.14. The van der Waals surface area contributed by atoms with Crippen molar-refractivity contribution in [3.8, 4) is 0 Å². The van der Waals surface area contributed by atoms with Crippen LogP contribution in [0, 0.1) is 6.92 Å². The topological polar surface area (TPSA) is 55.1 Å². The molecule has 0 aromatic heterocycles. The summed E-state index contributed by atoms with van der Waals surface area (Å²) in [6.45, 7) is 4.00. The van der Waals surface area contributed by atoms with E-state index >= 15 is 0 Å². The van der Waals surface area contributed by atoms with E-state index in [1.807, 2.05) is 62.4 Å². The zero-order valence-electron chi connectivity index (χ0n) is 11.8. The van der Waals surface area contributed by atoms with Gasteiger partial charge in [-0.05, 0) is 25.0 Å². The van der Waals surface area contributed by atoms with Gasteiger partial charge in [0.2, 0.25) is 5.91 Å². The molecule has 2 aromatic rings. The number of rotatable bonds is 4. The highest BCUT2D eigenvalue weighted by atomic mass is 16.2. The molecule has 0 unspecified atom stereocenters. The van der Waals surface area contributed by atoms with Crippen LogP contribution in [0.5, 0.6) is 0 Å². The van der Waals surface area contributed by atoms with Crippen molar-refractivity contribution in [3.63, 3.8) is 0 Å². The number of benzene rings is 2. The van der Waals surface area contributed by atoms with Crippen molar-refractivity contribution in [2.45, 2.75) is 25.9 Å². The van der Waals surface area contributed by atoms with Crippen LogP contribution in [0.15, 0.2) is 54.6 Å². The van der Waals surface area contributed by atoms with Crippen LogP contribution >= 0.6 is 0 Å². The first-order valence-electron chi connectivity index (χ1n) is 6.75. The molecule has 0 radical (unpaired) electrons. The van der Waals surface area contributed by atoms with E-state index < -0.39 is 6.04 Å². The minimum Gasteiger partial charge on any atom is -0.348 e. The fourth-order valence-electron chi connectivity index (χ4n) is 2.14. The summed E-state index contributed by atoms with van der Waals surface area (Å²) in [5.41, 5.74) is 9.06. The summed E-state index contributed by atoms with van der Waals surface area (Å²) in [4.78, 5) is 12.2. The normalized spacial score (nSPS) is 13.6. The summed E-state index contributed by atoms with van der Waals surface area (Å²) in [6, 6.07) is 16.8. The Hall–Kier alpha value is -2.13. The second kappa shape index (κ2) is 6.35. The minimum atomic E-state index is -0.636. The zero-order chi connectivity index (χ0) is 14.5. The number of aryl methyl sites for hydroxylation is 1. The molecule has 0 aliphatic carbocycles. The summed E-state index contributed by atoms with van der Waals surface area (Å²) in [5.74, 6) is -0.162. The molecule has 20 heavy (non-hydrogen) atoms. The Morgan fingerprint density at radius 2 is 1.70 bits per heavy atom. The average molecular weight is 268 g/mol. The first-order valence-corrected chi connectivity index (χ1v) is 6.75. The van der Waals surface area contributed by atoms with Crippen LogP contribution in [0.25, 0.3) is 0 Å². The van der Waals surface area contributed by atoms with Crippen molar-refractivity contribution in [1.29, 1.82) is 0 Å². The second-order valence-corrected chi connectivity index (χ2v) is 5.03. The number of nitrogens with one attached hydrogen (secondary N) is 1. The highest BCUT2D eigenvalue weighted by molar-refractivity contribution is 5.83. The third kappa shape index (κ3) is 3.45. The lowest BCUT2D eigenvalue weighted by atomic mass is 10.0. The fraction of sp³-hybridized carbons (Fsp3) is 0.235. The number of hydrogen-bond acceptors (Lipinski definition) is 2. The lowest BCUT2D eigenvalue weighted by Crippen LogP contribution is -2.35. The smallest absolute Gasteiger partial charge is 0.241 e. The van der Waals surface area contributed by atoms with Crippen molar-refractivity contribution in [1.82, 2.24) is 5.32 Å². The van der Waals surface area contributed by atoms with Gasteiger partial charge in [0.05, 0.1) is 6.04 Å². The Kier molecular flexibility index (Phi) is 4.53. The summed E-state index contributed by atoms with van der Waals surface area (Å²) in [5, 5.41) is 2.96. The zero-order valence-corrected chi connectivity index (χ0v) is 11.8. The van der Waals surface area contributed by atoms with Gasteiger partial charge in [0.15, 0.2) is 0 Å². The van der Waals surface area contributed by atoms with Crippen LogP contribution in [-0.4, -0.2) is 5.91 Å². The summed E-state index contributed by atoms with van der Waals surface area (Å²) < 4.78 is 0. The number of nitrogens with two attached hydrogens (primary N) is 1. The van der Waals surface area contributed by atoms with Crippen LogP contribution < -0.4 is 11.1 Å². The number of amides is 1. The Balaban J connectivity index is 2.04. The predicted octanol–water partition coefficient (Wildman–Crippen LogP) is 2.87. The van der Waals surface area contributed by atoms with E-state index in [9.17, 15) is 4.79 Å². The summed E-state index contributed by atoms with van der Waals surface area (Å²) >= 11 is 0. The molecule has 0 spiro atoms. The third-order valence-corrected chi connectivity index (χ3v) is 3.34. The molecule has 2 aromatic carbocycles. The molecule has 0 aliphatic rings. The van der Waals surface area contributed by atoms with Gasteiger partial charge in [-0.1, -0.05) is 60.2 Å². The first-order chi connectivity index (χ1) is 9.58. The van der Waals surface area contributed by atoms with Crippen LogP contribution in [-0.2, 0) is 4.79 Å². The highest BCUT2D eigenvalue weighted by Gasteiger charge is 2.18. The standard InChI is InChI=1S/C17H20N2O/c1-12-7-6-10-15(11-12)13(2)19-17(20)16(18)14-8-4-3-5-9-14/h3-11,13,16H,18H2,1-2H3,(H,19,20)/t13-,16+/m1/s1. The second-order valence-electron chi connectivity index (χ2n) is 5.03. The van der Waals surface area contributed by atoms with Gasteiger partial charge < -0.3 is 11.1 Å². The lowest BCUT2D eigenvalue weighted by molar-refractivity contribution is -0.123. The van der Waals surface area contributed by atoms with Gasteiger partial charge in [-0.25, -0.2) is 0 Å². The monoisotopic (exact) mass is 268 g/mol. The van der Waals surface area contributed by atoms with Gasteiger partial charge in [-0.3, -0.25) is 4.79 Å². The van der Waals surface area contributed by atoms with Crippen molar-refractivity contribution in [2.75, 3.05) is 0 Å². The van der Waals surface area contributed by atoms with Crippen LogP contribution in [0.4, 0.5) is 0 Å². The number of hydrogen-bond donors (Lipinski definition) is 2. The van der Waals surface area contributed by atoms with E-state index in [0.29, 0.717) is 0 Å². The molecule has 0 fully saturated rings. The predicted molar refractivity (Wildman–Crippen MR) is 81.1 cm³/mol. The van der Waals surface area contributed by atoms with Crippen LogP contribution in [0.2, 0.25) is 0 Å². The first kappa shape index (κ1) is 14.3. The molecule has 1 amide bonds. The van der Waals surface area contributed by atoms with Crippen molar-refractivity contribution in [2.24, 2.45) is 5.73 Å². The van der Waals surface area contributed by atoms with Gasteiger partial charge >= 0.3 is 0 Å². The highest BCUT2D eigenvalue weighted by Crippen LogP contribution is 2.16. The number of carbonyl (C=O) groups excluding carboxylic acids is 1. The van der Waals surface area contributed by atoms with Gasteiger partial charge in [-0.15, -0.1) is 0 Å². The largest absolute Gasteiger partial charge is 0.348 e. The van der Waals surface area contributed by atoms with E-state index in [2.05, 4.69) is 11.4 Å². The van der Waals surface area contributed by atoms with Gasteiger partial charge in [0.1, 0.15) is 6.04 Å². The van der Waals surface area contributed by atoms with Gasteiger partial charge in [0.25, 0.3) is 0 Å². The molecule has 2 rings (SSSR count). The maximum absolute atomic E-state index is 12.2. The Morgan fingerprint density at radius 1 is 1.05 bits per heavy atom. The van der Waals surface area contributed by atoms with E-state index in [-0.39, 0.29) is 11.9 Å². The van der Waals surface area contributed by atoms with Crippen molar-refractivity contribution in [3.05, 3.63) is 71.3 Å². The molecule has 3 heteroatoms. The molecule has 3 nitrogen and oxygen atoms in total. The molecule has 104 valence electrons. The van der Waals surface area contributed by atoms with Gasteiger partial charge in [-0.2, -0.15) is 0 Å². The summed E-state index contributed by atoms with van der Waals surface area (Å²) in [6.07, 6.45) is 0. The van der Waals surface area contributed by atoms with E-state index in [1.54, 1.807) is 0 Å². The molecule has 2 atom stereocenters. The SMILES string of the molecule is Cc1cccc([C@@H](C)NC(=O)[C@@H](N)c2ccccc2)c1. The average Bonchev–Trinajstić information content (AvgIpc) is 2.47. The molecule has 3 N–H and O–H groups in total. The van der Waals surface area contributed by atoms with Crippen molar-refractivity contribution >= 4 is 5.91 Å². The maximum Gasteiger partial charge on any atom is 0.241 e. The quantitative estimate of drug-likeness (QED) is 0.896. The molecule has 0 bridgehead atoms. The minimum absolute atomic E-state index is 0.0582. The molecule has 0 heterocycles. The Labute approximate surface area is 119 Å². The van der Waals surface area contributed by atoms with Crippen LogP contribution in [0.1, 0.15) is 35.7 Å². The molecule has 0 saturated heterocycles. The number of carbonyl (C=O) groups is 1. The Bertz CT molecular complexity index is 581. The molecular weight excluding hydrogens is 248 g/mol. The van der Waals surface area contributed by atoms with Crippen LogP contribution in [0.3, 0.4) is 0 Å². The lowest BCUT2D eigenvalue weighted by Gasteiger charge is -2.18. The summed E-state index contributed by atoms with van der Waals surface area (Å²) in [7, 11) is 0. The maximum atomic E-state index is 12.2. The molecule has 0 aliphatic heterocycles. The van der Waals surface area contributed by atoms with Crippen molar-refractivity contribution < 1.29 is 4.79 Å². The van der Waals surface area contributed by atoms with E-state index in [0.717, 1.165) is 11.1 Å². The van der Waals surface area contributed by atoms with E-state index in [1.165, 1.54) is 5.56 Å². The third-order valence-electron chi connectivity index (χ3n) is 3.34. The van der Waals surface area contributed by atoms with Gasteiger partial charge in [0, 0.05) is 0 Å². The molecule has 0 saturated carbocycles. The molecular formula is C17H20N2O. The Morgan fingerprint density at radius 3 is 2.35 bits per heavy atom. The van der Waals surface area contributed by atoms with E-state index in [4.69, 9.17) is 5.73 Å².